The maximum atomic E-state index is 6.16. The second kappa shape index (κ2) is 6.61. The number of ether oxygens (including phenoxy) is 1. The lowest BCUT2D eigenvalue weighted by atomic mass is 10.0. The van der Waals surface area contributed by atoms with Gasteiger partial charge in [0.25, 0.3) is 0 Å². The van der Waals surface area contributed by atoms with Crippen molar-refractivity contribution in [1.29, 1.82) is 0 Å². The van der Waals surface area contributed by atoms with Crippen LogP contribution in [0.2, 0.25) is 5.02 Å². The van der Waals surface area contributed by atoms with Crippen LogP contribution in [-0.4, -0.2) is 13.7 Å². The molecule has 108 valence electrons. The zero-order valence-electron chi connectivity index (χ0n) is 12.3. The van der Waals surface area contributed by atoms with Gasteiger partial charge in [-0.3, -0.25) is 0 Å². The molecule has 1 N–H and O–H groups in total. The van der Waals surface area contributed by atoms with Gasteiger partial charge in [0.1, 0.15) is 5.75 Å². The number of nitrogens with one attached hydrogen (secondary N) is 1. The highest BCUT2D eigenvalue weighted by Gasteiger charge is 2.20. The Bertz CT molecular complexity index is 575. The minimum Gasteiger partial charge on any atom is -0.496 e. The van der Waals surface area contributed by atoms with E-state index in [1.807, 2.05) is 29.5 Å². The van der Waals surface area contributed by atoms with Crippen molar-refractivity contribution in [3.05, 3.63) is 50.2 Å². The number of aryl methyl sites for hydroxylation is 2. The molecule has 0 radical (unpaired) electrons. The zero-order valence-corrected chi connectivity index (χ0v) is 13.9. The van der Waals surface area contributed by atoms with Crippen molar-refractivity contribution in [3.63, 3.8) is 0 Å². The smallest absolute Gasteiger partial charge is 0.124 e. The molecule has 2 aromatic rings. The lowest BCUT2D eigenvalue weighted by Gasteiger charge is -2.20. The summed E-state index contributed by atoms with van der Waals surface area (Å²) in [6, 6.07) is 8.13. The van der Waals surface area contributed by atoms with Gasteiger partial charge in [0, 0.05) is 20.3 Å². The average Bonchev–Trinajstić information content (AvgIpc) is 2.75. The third-order valence-electron chi connectivity index (χ3n) is 3.38. The Morgan fingerprint density at radius 2 is 2.05 bits per heavy atom. The molecular weight excluding hydrogens is 290 g/mol. The molecule has 1 unspecified atom stereocenters. The molecule has 0 saturated carbocycles. The van der Waals surface area contributed by atoms with Gasteiger partial charge in [-0.05, 0) is 50.2 Å². The summed E-state index contributed by atoms with van der Waals surface area (Å²) in [5, 5.41) is 4.26. The Morgan fingerprint density at radius 3 is 2.60 bits per heavy atom. The predicted octanol–water partition coefficient (Wildman–Crippen LogP) is 4.73. The van der Waals surface area contributed by atoms with Crippen molar-refractivity contribution in [2.75, 3.05) is 13.7 Å². The monoisotopic (exact) mass is 309 g/mol. The van der Waals surface area contributed by atoms with Crippen LogP contribution in [0, 0.1) is 13.8 Å². The minimum atomic E-state index is 0.117. The van der Waals surface area contributed by atoms with E-state index in [1.54, 1.807) is 7.11 Å². The molecule has 1 aromatic heterocycles. The van der Waals surface area contributed by atoms with Crippen LogP contribution in [0.25, 0.3) is 0 Å². The van der Waals surface area contributed by atoms with Gasteiger partial charge in [-0.25, -0.2) is 0 Å². The minimum absolute atomic E-state index is 0.117. The maximum Gasteiger partial charge on any atom is 0.124 e. The van der Waals surface area contributed by atoms with Gasteiger partial charge in [-0.15, -0.1) is 11.3 Å². The number of thiophene rings is 1. The first-order valence-corrected chi connectivity index (χ1v) is 7.90. The molecule has 0 amide bonds. The lowest BCUT2D eigenvalue weighted by Crippen LogP contribution is -2.21. The molecule has 1 aromatic carbocycles. The van der Waals surface area contributed by atoms with E-state index >= 15 is 0 Å². The van der Waals surface area contributed by atoms with Crippen LogP contribution in [0.15, 0.2) is 24.3 Å². The molecule has 0 aliphatic heterocycles. The second-order valence-electron chi connectivity index (χ2n) is 4.76. The highest BCUT2D eigenvalue weighted by Crippen LogP contribution is 2.36. The molecule has 2 nitrogen and oxygen atoms in total. The standard InChI is InChI=1S/C16H20ClNOS/c1-5-18-16(15-8-10(2)11(3)20-15)13-9-12(17)6-7-14(13)19-4/h6-9,16,18H,5H2,1-4H3. The van der Waals surface area contributed by atoms with E-state index < -0.39 is 0 Å². The number of hydrogen-bond acceptors (Lipinski definition) is 3. The normalized spacial score (nSPS) is 12.4. The zero-order chi connectivity index (χ0) is 14.7. The van der Waals surface area contributed by atoms with E-state index in [1.165, 1.54) is 15.3 Å². The number of rotatable bonds is 5. The topological polar surface area (TPSA) is 21.3 Å². The average molecular weight is 310 g/mol. The maximum absolute atomic E-state index is 6.16. The van der Waals surface area contributed by atoms with Crippen molar-refractivity contribution in [2.45, 2.75) is 26.8 Å². The van der Waals surface area contributed by atoms with Crippen LogP contribution >= 0.6 is 22.9 Å². The van der Waals surface area contributed by atoms with Gasteiger partial charge in [-0.1, -0.05) is 18.5 Å². The molecule has 1 heterocycles. The van der Waals surface area contributed by atoms with E-state index in [4.69, 9.17) is 16.3 Å². The van der Waals surface area contributed by atoms with E-state index in [0.717, 1.165) is 22.9 Å². The fourth-order valence-electron chi connectivity index (χ4n) is 2.24. The molecule has 2 rings (SSSR count). The van der Waals surface area contributed by atoms with Gasteiger partial charge in [0.05, 0.1) is 13.2 Å². The first-order chi connectivity index (χ1) is 9.56. The third kappa shape index (κ3) is 3.17. The van der Waals surface area contributed by atoms with Crippen molar-refractivity contribution < 1.29 is 4.74 Å². The summed E-state index contributed by atoms with van der Waals surface area (Å²) in [7, 11) is 1.70. The summed E-state index contributed by atoms with van der Waals surface area (Å²) in [6.07, 6.45) is 0. The molecule has 0 spiro atoms. The Hall–Kier alpha value is -1.03. The summed E-state index contributed by atoms with van der Waals surface area (Å²) < 4.78 is 5.49. The van der Waals surface area contributed by atoms with Gasteiger partial charge in [-0.2, -0.15) is 0 Å². The van der Waals surface area contributed by atoms with Crippen molar-refractivity contribution >= 4 is 22.9 Å². The Kier molecular flexibility index (Phi) is 5.08. The number of benzene rings is 1. The quantitative estimate of drug-likeness (QED) is 0.862. The van der Waals surface area contributed by atoms with Crippen LogP contribution in [-0.2, 0) is 0 Å². The SMILES string of the molecule is CCNC(c1cc(C)c(C)s1)c1cc(Cl)ccc1OC. The highest BCUT2D eigenvalue weighted by molar-refractivity contribution is 7.12. The van der Waals surface area contributed by atoms with E-state index in [2.05, 4.69) is 32.2 Å². The summed E-state index contributed by atoms with van der Waals surface area (Å²) >= 11 is 7.98. The van der Waals surface area contributed by atoms with Crippen LogP contribution in [0.3, 0.4) is 0 Å². The summed E-state index contributed by atoms with van der Waals surface area (Å²) in [4.78, 5) is 2.64. The number of methoxy groups -OCH3 is 1. The van der Waals surface area contributed by atoms with Gasteiger partial charge < -0.3 is 10.1 Å². The van der Waals surface area contributed by atoms with Gasteiger partial charge in [0.2, 0.25) is 0 Å². The van der Waals surface area contributed by atoms with Crippen molar-refractivity contribution in [2.24, 2.45) is 0 Å². The van der Waals surface area contributed by atoms with Crippen LogP contribution in [0.4, 0.5) is 0 Å². The van der Waals surface area contributed by atoms with E-state index in [9.17, 15) is 0 Å². The van der Waals surface area contributed by atoms with Crippen molar-refractivity contribution in [3.8, 4) is 5.75 Å². The van der Waals surface area contributed by atoms with E-state index in [-0.39, 0.29) is 6.04 Å². The van der Waals surface area contributed by atoms with Crippen molar-refractivity contribution in [1.82, 2.24) is 5.32 Å². The largest absolute Gasteiger partial charge is 0.496 e. The van der Waals surface area contributed by atoms with Gasteiger partial charge >= 0.3 is 0 Å². The molecule has 4 heteroatoms. The summed E-state index contributed by atoms with van der Waals surface area (Å²) in [5.74, 6) is 0.865. The number of halogens is 1. The number of hydrogen-bond donors (Lipinski definition) is 1. The molecule has 0 bridgehead atoms. The fraction of sp³-hybridized carbons (Fsp3) is 0.375. The van der Waals surface area contributed by atoms with Crippen LogP contribution in [0.1, 0.15) is 33.8 Å². The van der Waals surface area contributed by atoms with E-state index in [0.29, 0.717) is 0 Å². The lowest BCUT2D eigenvalue weighted by molar-refractivity contribution is 0.404. The summed E-state index contributed by atoms with van der Waals surface area (Å²) in [5.41, 5.74) is 2.41. The Balaban J connectivity index is 2.50. The third-order valence-corrected chi connectivity index (χ3v) is 4.83. The first-order valence-electron chi connectivity index (χ1n) is 6.70. The summed E-state index contributed by atoms with van der Waals surface area (Å²) in [6.45, 7) is 7.29. The molecule has 0 saturated heterocycles. The molecule has 20 heavy (non-hydrogen) atoms. The molecular formula is C16H20ClNOS. The first kappa shape index (κ1) is 15.4. The van der Waals surface area contributed by atoms with Crippen LogP contribution in [0.5, 0.6) is 5.75 Å². The Morgan fingerprint density at radius 1 is 1.30 bits per heavy atom. The predicted molar refractivity (Wildman–Crippen MR) is 87.3 cm³/mol. The Labute approximate surface area is 129 Å². The van der Waals surface area contributed by atoms with Crippen LogP contribution < -0.4 is 10.1 Å². The molecule has 0 aliphatic rings. The molecule has 1 atom stereocenters. The molecule has 0 fully saturated rings. The second-order valence-corrected chi connectivity index (χ2v) is 6.49. The van der Waals surface area contributed by atoms with Gasteiger partial charge in [0.15, 0.2) is 0 Å². The highest BCUT2D eigenvalue weighted by atomic mass is 35.5. The fourth-order valence-corrected chi connectivity index (χ4v) is 3.56. The molecule has 0 aliphatic carbocycles.